The van der Waals surface area contributed by atoms with E-state index in [-0.39, 0.29) is 20.8 Å². The molecule has 8 heteroatoms. The normalized spacial score (nSPS) is 12.7. The first-order chi connectivity index (χ1) is 27.4. The molecule has 0 saturated heterocycles. The van der Waals surface area contributed by atoms with Gasteiger partial charge in [-0.2, -0.15) is 4.67 Å². The third kappa shape index (κ3) is 5.88. The van der Waals surface area contributed by atoms with Gasteiger partial charge in [-0.05, 0) is 95.1 Å². The lowest BCUT2D eigenvalue weighted by Crippen LogP contribution is -2.34. The Kier molecular flexibility index (Phi) is 8.88. The summed E-state index contributed by atoms with van der Waals surface area (Å²) in [5.41, 5.74) is 5.19. The van der Waals surface area contributed by atoms with Crippen molar-refractivity contribution in [3.8, 4) is 0 Å². The summed E-state index contributed by atoms with van der Waals surface area (Å²) in [6, 6.07) is 47.3. The van der Waals surface area contributed by atoms with Gasteiger partial charge in [0, 0.05) is 44.8 Å². The SMILES string of the molecule is CC(C)N(C(C)C)p1oc2ccc3ccccc3c2c2c(o1)c(COCc1cc3ccccc3c3c1o[pH]oc1ccc4ccccc4c13)cc1ccccc12. The topological polar surface area (TPSA) is 65.0 Å². The summed E-state index contributed by atoms with van der Waals surface area (Å²) in [7, 11) is -1.71. The number of hydrogen-bond donors (Lipinski definition) is 0. The molecule has 2 heterocycles. The zero-order valence-electron chi connectivity index (χ0n) is 31.7. The van der Waals surface area contributed by atoms with Crippen LogP contribution >= 0.6 is 16.8 Å². The lowest BCUT2D eigenvalue weighted by atomic mass is 9.96. The summed E-state index contributed by atoms with van der Waals surface area (Å²) in [5, 5.41) is 13.2. The molecule has 0 spiro atoms. The lowest BCUT2D eigenvalue weighted by Gasteiger charge is -2.26. The van der Waals surface area contributed by atoms with E-state index < -0.39 is 8.16 Å². The summed E-state index contributed by atoms with van der Waals surface area (Å²) in [6.07, 6.45) is 0. The van der Waals surface area contributed by atoms with Crippen LogP contribution in [0.2, 0.25) is 0 Å². The summed E-state index contributed by atoms with van der Waals surface area (Å²) in [6.45, 7) is 9.46. The maximum absolute atomic E-state index is 7.21. The van der Waals surface area contributed by atoms with Gasteiger partial charge < -0.3 is 21.5 Å². The molecule has 6 nitrogen and oxygen atoms in total. The Morgan fingerprint density at radius 2 is 0.964 bits per heavy atom. The van der Waals surface area contributed by atoms with E-state index in [2.05, 4.69) is 166 Å². The third-order valence-electron chi connectivity index (χ3n) is 10.8. The quantitative estimate of drug-likeness (QED) is 0.161. The molecule has 278 valence electrons. The van der Waals surface area contributed by atoms with Gasteiger partial charge >= 0.3 is 8.16 Å². The smallest absolute Gasteiger partial charge is 0.310 e. The summed E-state index contributed by atoms with van der Waals surface area (Å²) in [5.74, 6) is 0. The molecule has 0 fully saturated rings. The van der Waals surface area contributed by atoms with Crippen molar-refractivity contribution in [3.63, 3.8) is 0 Å². The Balaban J connectivity index is 1.19. The molecule has 2 atom stereocenters. The van der Waals surface area contributed by atoms with Gasteiger partial charge in [0.05, 0.1) is 13.2 Å². The predicted molar refractivity (Wildman–Crippen MR) is 236 cm³/mol. The monoisotopic (exact) mass is 773 g/mol. The maximum Gasteiger partial charge on any atom is 0.310 e. The van der Waals surface area contributed by atoms with Crippen LogP contribution in [0.15, 0.2) is 150 Å². The molecule has 0 amide bonds. The third-order valence-corrected chi connectivity index (χ3v) is 13.4. The van der Waals surface area contributed by atoms with E-state index in [1.54, 1.807) is 0 Å². The van der Waals surface area contributed by atoms with Gasteiger partial charge in [0.15, 0.2) is 0 Å². The number of nitrogens with zero attached hydrogens (tertiary/aromatic N) is 1. The van der Waals surface area contributed by atoms with Crippen LogP contribution in [-0.4, -0.2) is 12.1 Å². The molecule has 0 saturated carbocycles. The van der Waals surface area contributed by atoms with Gasteiger partial charge in [-0.3, -0.25) is 0 Å². The number of benzene rings is 8. The van der Waals surface area contributed by atoms with Crippen LogP contribution in [-0.2, 0) is 18.0 Å². The van der Waals surface area contributed by atoms with Crippen LogP contribution in [0.5, 0.6) is 0 Å². The van der Waals surface area contributed by atoms with Crippen LogP contribution < -0.4 is 4.67 Å². The zero-order chi connectivity index (χ0) is 37.9. The molecule has 2 aromatic heterocycles. The number of hydrogen-bond acceptors (Lipinski definition) is 6. The fourth-order valence-corrected chi connectivity index (χ4v) is 10.8. The van der Waals surface area contributed by atoms with Crippen molar-refractivity contribution in [2.45, 2.75) is 53.0 Å². The Morgan fingerprint density at radius 3 is 1.54 bits per heavy atom. The van der Waals surface area contributed by atoms with Gasteiger partial charge in [0.1, 0.15) is 22.3 Å². The first kappa shape index (κ1) is 35.0. The Labute approximate surface area is 326 Å². The standard InChI is InChI=1S/C48H41NO5P2/c1-29(2)49(30(3)4)56-53-42-24-22-32-14-6-10-18-38(32)44(42)46-40-20-12-8-16-34(40)26-36(48(46)54-56)28-50-27-35-25-33-15-7-11-19-39(33)45-43-37-17-9-5-13-31(37)21-23-41(43)51-55-52-47(35)45/h5-26,29-30,55H,27-28H2,1-4H3. The van der Waals surface area contributed by atoms with Crippen molar-refractivity contribution in [1.29, 1.82) is 0 Å². The minimum atomic E-state index is -1.52. The minimum absolute atomic E-state index is 0.190. The molecule has 10 aromatic rings. The second kappa shape index (κ2) is 14.2. The highest BCUT2D eigenvalue weighted by molar-refractivity contribution is 7.39. The Hall–Kier alpha value is -5.48. The van der Waals surface area contributed by atoms with E-state index in [0.717, 1.165) is 98.1 Å². The van der Waals surface area contributed by atoms with Gasteiger partial charge in [0.25, 0.3) is 0 Å². The average molecular weight is 774 g/mol. The molecule has 0 aliphatic heterocycles. The number of rotatable bonds is 7. The van der Waals surface area contributed by atoms with Gasteiger partial charge in [-0.1, -0.05) is 109 Å². The summed E-state index contributed by atoms with van der Waals surface area (Å²) in [4.78, 5) is 0. The van der Waals surface area contributed by atoms with Crippen LogP contribution in [0.4, 0.5) is 0 Å². The second-order valence-electron chi connectivity index (χ2n) is 15.0. The van der Waals surface area contributed by atoms with Crippen molar-refractivity contribution in [2.24, 2.45) is 0 Å². The predicted octanol–water partition coefficient (Wildman–Crippen LogP) is 15.0. The molecule has 0 aliphatic carbocycles. The number of ether oxygens (including phenoxy) is 1. The molecular weight excluding hydrogens is 732 g/mol. The van der Waals surface area contributed by atoms with Gasteiger partial charge in [0.2, 0.25) is 8.67 Å². The molecule has 0 N–H and O–H groups in total. The average Bonchev–Trinajstić information content (AvgIpc) is 3.52. The van der Waals surface area contributed by atoms with Crippen molar-refractivity contribution in [2.75, 3.05) is 4.67 Å². The van der Waals surface area contributed by atoms with Crippen LogP contribution in [0.1, 0.15) is 38.8 Å². The van der Waals surface area contributed by atoms with Crippen molar-refractivity contribution in [1.82, 2.24) is 0 Å². The minimum Gasteiger partial charge on any atom is -0.421 e. The van der Waals surface area contributed by atoms with Crippen LogP contribution in [0, 0.1) is 0 Å². The molecule has 0 bridgehead atoms. The van der Waals surface area contributed by atoms with E-state index in [0.29, 0.717) is 13.2 Å². The Morgan fingerprint density at radius 1 is 0.500 bits per heavy atom. The van der Waals surface area contributed by atoms with E-state index >= 15 is 0 Å². The fourth-order valence-electron chi connectivity index (χ4n) is 8.51. The molecule has 10 rings (SSSR count). The molecule has 2 unspecified atom stereocenters. The lowest BCUT2D eigenvalue weighted by molar-refractivity contribution is 0.108. The van der Waals surface area contributed by atoms with E-state index in [1.807, 2.05) is 0 Å². The highest BCUT2D eigenvalue weighted by atomic mass is 31.1. The van der Waals surface area contributed by atoms with Crippen LogP contribution in [0.25, 0.3) is 87.0 Å². The fraction of sp³-hybridized carbons (Fsp3) is 0.167. The van der Waals surface area contributed by atoms with E-state index in [4.69, 9.17) is 21.5 Å². The van der Waals surface area contributed by atoms with Gasteiger partial charge in [-0.15, -0.1) is 0 Å². The zero-order valence-corrected chi connectivity index (χ0v) is 33.6. The molecule has 0 radical (unpaired) electrons. The molecular formula is C48H41NO5P2. The van der Waals surface area contributed by atoms with Crippen molar-refractivity contribution >= 4 is 104 Å². The summed E-state index contributed by atoms with van der Waals surface area (Å²) >= 11 is 0. The highest BCUT2D eigenvalue weighted by Gasteiger charge is 2.24. The van der Waals surface area contributed by atoms with E-state index in [9.17, 15) is 0 Å². The van der Waals surface area contributed by atoms with E-state index in [1.165, 1.54) is 0 Å². The van der Waals surface area contributed by atoms with Crippen molar-refractivity contribution in [3.05, 3.63) is 145 Å². The number of fused-ring (bicyclic) bond motifs is 14. The molecule has 8 aromatic carbocycles. The summed E-state index contributed by atoms with van der Waals surface area (Å²) < 4.78 is 36.2. The first-order valence-corrected chi connectivity index (χ1v) is 21.1. The molecule has 0 aliphatic rings. The Bertz CT molecular complexity index is 3210. The van der Waals surface area contributed by atoms with Crippen LogP contribution in [0.3, 0.4) is 0 Å². The highest BCUT2D eigenvalue weighted by Crippen LogP contribution is 2.45. The molecule has 56 heavy (non-hydrogen) atoms. The first-order valence-electron chi connectivity index (χ1n) is 19.2. The largest absolute Gasteiger partial charge is 0.421 e. The second-order valence-corrected chi connectivity index (χ2v) is 16.9. The van der Waals surface area contributed by atoms with Gasteiger partial charge in [-0.25, -0.2) is 0 Å². The van der Waals surface area contributed by atoms with Crippen molar-refractivity contribution < 1.29 is 21.5 Å². The maximum atomic E-state index is 7.21.